The Bertz CT molecular complexity index is 1300. The van der Waals surface area contributed by atoms with Crippen molar-refractivity contribution in [3.8, 4) is 11.3 Å². The number of fused-ring (bicyclic) bond motifs is 1. The van der Waals surface area contributed by atoms with Gasteiger partial charge in [-0.25, -0.2) is 4.98 Å². The number of piperidine rings is 1. The molecule has 0 bridgehead atoms. The van der Waals surface area contributed by atoms with E-state index in [1.54, 1.807) is 12.3 Å². The average molecular weight is 438 g/mol. The Kier molecular flexibility index (Phi) is 5.56. The molecule has 5 heteroatoms. The molecule has 1 aliphatic heterocycles. The molecule has 1 fully saturated rings. The lowest BCUT2D eigenvalue weighted by Gasteiger charge is -2.38. The van der Waals surface area contributed by atoms with Crippen LogP contribution in [0.3, 0.4) is 0 Å². The highest BCUT2D eigenvalue weighted by atomic mass is 16.3. The molecule has 166 valence electrons. The largest absolute Gasteiger partial charge is 0.385 e. The van der Waals surface area contributed by atoms with Crippen LogP contribution in [0.15, 0.2) is 85.1 Å². The van der Waals surface area contributed by atoms with Gasteiger partial charge in [-0.2, -0.15) is 0 Å². The predicted octanol–water partition coefficient (Wildman–Crippen LogP) is 4.76. The van der Waals surface area contributed by atoms with Crippen LogP contribution in [0, 0.1) is 0 Å². The maximum Gasteiger partial charge on any atom is 0.246 e. The van der Waals surface area contributed by atoms with Gasteiger partial charge in [0.05, 0.1) is 11.3 Å². The standard InChI is InChI=1S/C28H27N3O2/c1-30-26(21-9-4-2-5-10-21)23(24-13-8-18-29-27(24)30)14-15-25(32)31-19-16-28(33,17-20-31)22-11-6-3-7-12-22/h2-15,18,33H,16-17,19-20H2,1H3. The van der Waals surface area contributed by atoms with E-state index in [9.17, 15) is 9.90 Å². The highest BCUT2D eigenvalue weighted by Gasteiger charge is 2.34. The second-order valence-electron chi connectivity index (χ2n) is 8.62. The van der Waals surface area contributed by atoms with Gasteiger partial charge >= 0.3 is 0 Å². The highest BCUT2D eigenvalue weighted by Crippen LogP contribution is 2.34. The van der Waals surface area contributed by atoms with E-state index in [0.29, 0.717) is 25.9 Å². The number of nitrogens with zero attached hydrogens (tertiary/aromatic N) is 3. The second-order valence-corrected chi connectivity index (χ2v) is 8.62. The number of carbonyl (C=O) groups excluding carboxylic acids is 1. The first-order chi connectivity index (χ1) is 16.1. The van der Waals surface area contributed by atoms with Crippen LogP contribution in [0.1, 0.15) is 24.0 Å². The lowest BCUT2D eigenvalue weighted by molar-refractivity contribution is -0.130. The molecule has 0 unspecified atom stereocenters. The Morgan fingerprint density at radius 1 is 0.970 bits per heavy atom. The predicted molar refractivity (Wildman–Crippen MR) is 131 cm³/mol. The van der Waals surface area contributed by atoms with Crippen LogP contribution in [-0.2, 0) is 17.4 Å². The third-order valence-corrected chi connectivity index (χ3v) is 6.64. The van der Waals surface area contributed by atoms with E-state index in [1.807, 2.05) is 78.7 Å². The minimum Gasteiger partial charge on any atom is -0.385 e. The number of hydrogen-bond acceptors (Lipinski definition) is 3. The number of aliphatic hydroxyl groups is 1. The monoisotopic (exact) mass is 437 g/mol. The molecule has 0 saturated carbocycles. The van der Waals surface area contributed by atoms with Crippen molar-refractivity contribution in [2.75, 3.05) is 13.1 Å². The molecule has 5 nitrogen and oxygen atoms in total. The number of rotatable bonds is 4. The van der Waals surface area contributed by atoms with Crippen molar-refractivity contribution in [3.63, 3.8) is 0 Å². The van der Waals surface area contributed by atoms with E-state index in [-0.39, 0.29) is 5.91 Å². The zero-order chi connectivity index (χ0) is 22.8. The fourth-order valence-corrected chi connectivity index (χ4v) is 4.80. The molecule has 0 radical (unpaired) electrons. The van der Waals surface area contributed by atoms with Gasteiger partial charge in [0.1, 0.15) is 5.65 Å². The number of aromatic nitrogens is 2. The summed E-state index contributed by atoms with van der Waals surface area (Å²) in [6.07, 6.45) is 6.42. The summed E-state index contributed by atoms with van der Waals surface area (Å²) in [5.41, 5.74) is 4.03. The van der Waals surface area contributed by atoms with Crippen LogP contribution in [0.5, 0.6) is 0 Å². The van der Waals surface area contributed by atoms with Crippen LogP contribution in [0.25, 0.3) is 28.4 Å². The minimum absolute atomic E-state index is 0.0370. The van der Waals surface area contributed by atoms with Crippen LogP contribution in [0.4, 0.5) is 0 Å². The van der Waals surface area contributed by atoms with Crippen molar-refractivity contribution < 1.29 is 9.90 Å². The van der Waals surface area contributed by atoms with E-state index >= 15 is 0 Å². The van der Waals surface area contributed by atoms with Crippen molar-refractivity contribution in [1.82, 2.24) is 14.5 Å². The maximum absolute atomic E-state index is 13.0. The second kappa shape index (κ2) is 8.68. The fourth-order valence-electron chi connectivity index (χ4n) is 4.80. The molecule has 4 aromatic rings. The van der Waals surface area contributed by atoms with E-state index in [2.05, 4.69) is 21.7 Å². The molecule has 0 aliphatic carbocycles. The molecular formula is C28H27N3O2. The number of amides is 1. The first kappa shape index (κ1) is 21.2. The van der Waals surface area contributed by atoms with Crippen LogP contribution >= 0.6 is 0 Å². The van der Waals surface area contributed by atoms with Crippen molar-refractivity contribution in [2.24, 2.45) is 7.05 Å². The summed E-state index contributed by atoms with van der Waals surface area (Å²) in [6.45, 7) is 1.05. The number of aryl methyl sites for hydroxylation is 1. The molecule has 2 aromatic heterocycles. The maximum atomic E-state index is 13.0. The molecule has 0 spiro atoms. The number of pyridine rings is 1. The molecular weight excluding hydrogens is 410 g/mol. The first-order valence-corrected chi connectivity index (χ1v) is 11.3. The summed E-state index contributed by atoms with van der Waals surface area (Å²) in [5, 5.41) is 12.1. The quantitative estimate of drug-likeness (QED) is 0.468. The van der Waals surface area contributed by atoms with Gasteiger partial charge in [0.15, 0.2) is 0 Å². The van der Waals surface area contributed by atoms with Crippen LogP contribution in [-0.4, -0.2) is 38.6 Å². The van der Waals surface area contributed by atoms with E-state index in [1.165, 1.54) is 0 Å². The Labute approximate surface area is 193 Å². The van der Waals surface area contributed by atoms with Gasteiger partial charge in [0, 0.05) is 43.4 Å². The topological polar surface area (TPSA) is 58.4 Å². The third kappa shape index (κ3) is 3.96. The summed E-state index contributed by atoms with van der Waals surface area (Å²) in [7, 11) is 2.01. The zero-order valence-corrected chi connectivity index (χ0v) is 18.7. The molecule has 3 heterocycles. The first-order valence-electron chi connectivity index (χ1n) is 11.3. The summed E-state index contributed by atoms with van der Waals surface area (Å²) in [6, 6.07) is 23.9. The molecule has 33 heavy (non-hydrogen) atoms. The summed E-state index contributed by atoms with van der Waals surface area (Å²) in [4.78, 5) is 19.4. The Morgan fingerprint density at radius 3 is 2.33 bits per heavy atom. The minimum atomic E-state index is -0.871. The van der Waals surface area contributed by atoms with Gasteiger partial charge in [0.25, 0.3) is 0 Å². The summed E-state index contributed by atoms with van der Waals surface area (Å²) < 4.78 is 2.08. The third-order valence-electron chi connectivity index (χ3n) is 6.64. The Morgan fingerprint density at radius 2 is 1.64 bits per heavy atom. The summed E-state index contributed by atoms with van der Waals surface area (Å²) in [5.74, 6) is -0.0370. The molecule has 1 saturated heterocycles. The molecule has 1 N–H and O–H groups in total. The van der Waals surface area contributed by atoms with E-state index in [4.69, 9.17) is 0 Å². The smallest absolute Gasteiger partial charge is 0.246 e. The van der Waals surface area contributed by atoms with Gasteiger partial charge in [0.2, 0.25) is 5.91 Å². The average Bonchev–Trinajstić information content (AvgIpc) is 3.15. The molecule has 1 aliphatic rings. The molecule has 2 aromatic carbocycles. The molecule has 5 rings (SSSR count). The highest BCUT2D eigenvalue weighted by molar-refractivity contribution is 6.00. The number of likely N-dealkylation sites (tertiary alicyclic amines) is 1. The van der Waals surface area contributed by atoms with Crippen LogP contribution < -0.4 is 0 Å². The lowest BCUT2D eigenvalue weighted by Crippen LogP contribution is -2.44. The van der Waals surface area contributed by atoms with Crippen molar-refractivity contribution in [3.05, 3.63) is 96.2 Å². The van der Waals surface area contributed by atoms with Crippen LogP contribution in [0.2, 0.25) is 0 Å². The van der Waals surface area contributed by atoms with Gasteiger partial charge in [-0.05, 0) is 42.2 Å². The van der Waals surface area contributed by atoms with E-state index in [0.717, 1.165) is 33.4 Å². The van der Waals surface area contributed by atoms with Gasteiger partial charge < -0.3 is 14.6 Å². The molecule has 1 amide bonds. The normalized spacial score (nSPS) is 15.9. The SMILES string of the molecule is Cn1c(-c2ccccc2)c(C=CC(=O)N2CCC(O)(c3ccccc3)CC2)c2cccnc21. The van der Waals surface area contributed by atoms with Gasteiger partial charge in [-0.3, -0.25) is 4.79 Å². The van der Waals surface area contributed by atoms with Crippen molar-refractivity contribution in [2.45, 2.75) is 18.4 Å². The van der Waals surface area contributed by atoms with Crippen molar-refractivity contribution >= 4 is 23.0 Å². The molecule has 0 atom stereocenters. The lowest BCUT2D eigenvalue weighted by atomic mass is 9.84. The summed E-state index contributed by atoms with van der Waals surface area (Å²) >= 11 is 0. The van der Waals surface area contributed by atoms with Crippen molar-refractivity contribution in [1.29, 1.82) is 0 Å². The fraction of sp³-hybridized carbons (Fsp3) is 0.214. The number of benzene rings is 2. The Hall–Kier alpha value is -3.70. The van der Waals surface area contributed by atoms with E-state index < -0.39 is 5.60 Å². The zero-order valence-electron chi connectivity index (χ0n) is 18.7. The van der Waals surface area contributed by atoms with Gasteiger partial charge in [-0.1, -0.05) is 60.7 Å². The van der Waals surface area contributed by atoms with Gasteiger partial charge in [-0.15, -0.1) is 0 Å². The Balaban J connectivity index is 1.40. The number of hydrogen-bond donors (Lipinski definition) is 1. The number of carbonyl (C=O) groups is 1.